The van der Waals surface area contributed by atoms with Crippen LogP contribution in [0.4, 0.5) is 0 Å². The van der Waals surface area contributed by atoms with Crippen molar-refractivity contribution in [2.75, 3.05) is 0 Å². The molecule has 7 heteroatoms. The number of carboxylic acids is 1. The van der Waals surface area contributed by atoms with Gasteiger partial charge in [-0.3, -0.25) is 9.59 Å². The van der Waals surface area contributed by atoms with Crippen molar-refractivity contribution in [3.8, 4) is 0 Å². The summed E-state index contributed by atoms with van der Waals surface area (Å²) >= 11 is 0. The molecule has 1 aromatic carbocycles. The molecule has 1 unspecified atom stereocenters. The number of benzene rings is 1. The van der Waals surface area contributed by atoms with Gasteiger partial charge < -0.3 is 20.5 Å². The van der Waals surface area contributed by atoms with Crippen LogP contribution in [-0.2, 0) is 20.8 Å². The van der Waals surface area contributed by atoms with E-state index in [0.717, 1.165) is 11.6 Å². The van der Waals surface area contributed by atoms with Crippen molar-refractivity contribution in [1.29, 1.82) is 0 Å². The third-order valence-corrected chi connectivity index (χ3v) is 3.06. The molecule has 0 aliphatic rings. The fourth-order valence-electron chi connectivity index (χ4n) is 1.80. The van der Waals surface area contributed by atoms with Crippen LogP contribution in [0.3, 0.4) is 0 Å². The molecule has 1 rings (SSSR count). The van der Waals surface area contributed by atoms with Gasteiger partial charge in [-0.25, -0.2) is 0 Å². The van der Waals surface area contributed by atoms with Crippen molar-refractivity contribution < 1.29 is 49.0 Å². The average Bonchev–Trinajstić information content (AvgIpc) is 2.46. The van der Waals surface area contributed by atoms with Crippen molar-refractivity contribution in [3.05, 3.63) is 48.6 Å². The van der Waals surface area contributed by atoms with E-state index in [-0.39, 0.29) is 36.0 Å². The zero-order chi connectivity index (χ0) is 16.8. The number of aliphatic carboxylic acids is 1. The average molecular weight is 326 g/mol. The van der Waals surface area contributed by atoms with E-state index in [1.54, 1.807) is 24.3 Å². The van der Waals surface area contributed by atoms with Crippen LogP contribution in [0.15, 0.2) is 43.0 Å². The first-order chi connectivity index (χ1) is 10.3. The molecule has 0 fully saturated rings. The van der Waals surface area contributed by atoms with E-state index in [2.05, 4.69) is 17.2 Å². The molecule has 0 saturated heterocycles. The Kier molecular flexibility index (Phi) is 8.82. The number of hydrogen-bond donors (Lipinski definition) is 2. The third kappa shape index (κ3) is 6.99. The van der Waals surface area contributed by atoms with Crippen molar-refractivity contribution in [2.24, 2.45) is 0 Å². The predicted octanol–water partition coefficient (Wildman–Crippen LogP) is -3.45. The number of carboxylic acid groups (broad SMARTS) is 1. The minimum Gasteiger partial charge on any atom is -0.548 e. The summed E-state index contributed by atoms with van der Waals surface area (Å²) in [5.41, 5.74) is -0.514. The van der Waals surface area contributed by atoms with Gasteiger partial charge in [0.2, 0.25) is 11.8 Å². The van der Waals surface area contributed by atoms with E-state index < -0.39 is 29.4 Å². The summed E-state index contributed by atoms with van der Waals surface area (Å²) in [7, 11) is 0. The maximum Gasteiger partial charge on any atom is 1.00 e. The second-order valence-corrected chi connectivity index (χ2v) is 5.35. The molecular weight excluding hydrogens is 307 g/mol. The number of rotatable bonds is 7. The predicted molar refractivity (Wildman–Crippen MR) is 79.5 cm³/mol. The van der Waals surface area contributed by atoms with Crippen molar-refractivity contribution in [2.45, 2.75) is 31.8 Å². The summed E-state index contributed by atoms with van der Waals surface area (Å²) in [5, 5.41) is 16.0. The Morgan fingerprint density at radius 1 is 1.26 bits per heavy atom. The summed E-state index contributed by atoms with van der Waals surface area (Å²) in [6.07, 6.45) is 1.13. The Balaban J connectivity index is 0.00000484. The molecule has 2 amide bonds. The van der Waals surface area contributed by atoms with Gasteiger partial charge in [-0.1, -0.05) is 36.9 Å². The second-order valence-electron chi connectivity index (χ2n) is 5.35. The molecule has 118 valence electrons. The Morgan fingerprint density at radius 2 is 1.83 bits per heavy atom. The molecule has 0 saturated carbocycles. The quantitative estimate of drug-likeness (QED) is 0.402. The first-order valence-electron chi connectivity index (χ1n) is 6.76. The minimum absolute atomic E-state index is 0. The molecule has 0 spiro atoms. The molecule has 6 nitrogen and oxygen atoms in total. The molecule has 0 radical (unpaired) electrons. The summed E-state index contributed by atoms with van der Waals surface area (Å²) in [6, 6.07) is 7.69. The molecule has 0 aliphatic carbocycles. The van der Waals surface area contributed by atoms with Gasteiger partial charge in [0.25, 0.3) is 0 Å². The Bertz CT molecular complexity index is 573. The van der Waals surface area contributed by atoms with Crippen LogP contribution in [0.1, 0.15) is 19.4 Å². The standard InChI is InChI=1S/C16H20N2O4.Na/c1-4-13(19)18-16(2,3)15(22)17-12(14(20)21)10-11-8-6-5-7-9-11;/h4-9,12H,1,10H2,2-3H3,(H,17,22)(H,18,19)(H,20,21);/q;+1/p-1. The van der Waals surface area contributed by atoms with Gasteiger partial charge in [0.15, 0.2) is 0 Å². The SMILES string of the molecule is C=CC(=O)NC(C)(C)C(=O)NC(Cc1ccccc1)C(=O)[O-].[Na+]. The molecule has 1 aromatic rings. The monoisotopic (exact) mass is 326 g/mol. The van der Waals surface area contributed by atoms with E-state index in [0.29, 0.717) is 0 Å². The summed E-state index contributed by atoms with van der Waals surface area (Å²) < 4.78 is 0. The van der Waals surface area contributed by atoms with Crippen molar-refractivity contribution in [3.63, 3.8) is 0 Å². The van der Waals surface area contributed by atoms with Crippen LogP contribution in [0.2, 0.25) is 0 Å². The summed E-state index contributed by atoms with van der Waals surface area (Å²) in [6.45, 7) is 6.24. The van der Waals surface area contributed by atoms with Gasteiger partial charge in [-0.2, -0.15) is 0 Å². The normalized spacial score (nSPS) is 11.6. The van der Waals surface area contributed by atoms with Crippen molar-refractivity contribution in [1.82, 2.24) is 10.6 Å². The van der Waals surface area contributed by atoms with E-state index in [1.807, 2.05) is 6.07 Å². The van der Waals surface area contributed by atoms with Crippen LogP contribution in [0, 0.1) is 0 Å². The molecule has 0 aliphatic heterocycles. The maximum absolute atomic E-state index is 12.2. The van der Waals surface area contributed by atoms with Gasteiger partial charge in [-0.05, 0) is 31.9 Å². The van der Waals surface area contributed by atoms with E-state index in [9.17, 15) is 19.5 Å². The zero-order valence-electron chi connectivity index (χ0n) is 13.6. The molecule has 0 aromatic heterocycles. The molecule has 1 atom stereocenters. The number of hydrogen-bond acceptors (Lipinski definition) is 4. The topological polar surface area (TPSA) is 98.3 Å². The van der Waals surface area contributed by atoms with Gasteiger partial charge >= 0.3 is 29.6 Å². The van der Waals surface area contributed by atoms with Crippen LogP contribution in [0.5, 0.6) is 0 Å². The van der Waals surface area contributed by atoms with E-state index >= 15 is 0 Å². The molecule has 2 N–H and O–H groups in total. The zero-order valence-corrected chi connectivity index (χ0v) is 15.6. The number of carbonyl (C=O) groups is 3. The van der Waals surface area contributed by atoms with E-state index in [1.165, 1.54) is 13.8 Å². The molecule has 23 heavy (non-hydrogen) atoms. The summed E-state index contributed by atoms with van der Waals surface area (Å²) in [5.74, 6) is -2.52. The first-order valence-corrected chi connectivity index (χ1v) is 6.76. The molecule has 0 heterocycles. The molecule has 0 bridgehead atoms. The second kappa shape index (κ2) is 9.50. The van der Waals surface area contributed by atoms with Gasteiger partial charge in [0.1, 0.15) is 5.54 Å². The van der Waals surface area contributed by atoms with Crippen LogP contribution in [-0.4, -0.2) is 29.4 Å². The van der Waals surface area contributed by atoms with Gasteiger partial charge in [-0.15, -0.1) is 0 Å². The number of nitrogens with one attached hydrogen (secondary N) is 2. The largest absolute Gasteiger partial charge is 1.00 e. The van der Waals surface area contributed by atoms with Crippen LogP contribution < -0.4 is 45.3 Å². The van der Waals surface area contributed by atoms with Crippen LogP contribution >= 0.6 is 0 Å². The Labute approximate surface area is 157 Å². The fourth-order valence-corrected chi connectivity index (χ4v) is 1.80. The van der Waals surface area contributed by atoms with E-state index in [4.69, 9.17) is 0 Å². The number of amides is 2. The molecular formula is C16H19N2NaO4. The third-order valence-electron chi connectivity index (χ3n) is 3.06. The minimum atomic E-state index is -1.39. The smallest absolute Gasteiger partial charge is 0.548 e. The fraction of sp³-hybridized carbons (Fsp3) is 0.312. The Morgan fingerprint density at radius 3 is 2.30 bits per heavy atom. The van der Waals surface area contributed by atoms with Gasteiger partial charge in [0.05, 0.1) is 12.0 Å². The van der Waals surface area contributed by atoms with Gasteiger partial charge in [0, 0.05) is 0 Å². The van der Waals surface area contributed by atoms with Crippen molar-refractivity contribution >= 4 is 17.8 Å². The number of carbonyl (C=O) groups excluding carboxylic acids is 3. The first kappa shape index (κ1) is 21.4. The summed E-state index contributed by atoms with van der Waals surface area (Å²) in [4.78, 5) is 34.7. The maximum atomic E-state index is 12.2. The Hall–Kier alpha value is -1.63. The van der Waals surface area contributed by atoms with Crippen LogP contribution in [0.25, 0.3) is 0 Å².